The molecule has 1 heterocycles. The molecule has 222 valence electrons. The van der Waals surface area contributed by atoms with Gasteiger partial charge in [0.1, 0.15) is 42.9 Å². The Balaban J connectivity index is 3.64. The quantitative estimate of drug-likeness (QED) is 0.112. The monoisotopic (exact) mass is 617 g/mol. The standard InChI is InChI=1S/C17H31O18P3/c1-3-4-5-31-6-10-14(33-36(24,25)7-11(18)19)15(34-37(26,27)8-12(20)21)16(17(30-2)32-10)35-38(28,29)9-13(22)23/h10,14-17H,3-9H2,1-2H3,(H,18,19)(H,20,21)(H,22,23)(H,24,25)(H,26,27)(H,28,29)/t10-,14-,15+,16+,17?/m1/s1/i5D/t5?,10-,14-,15+,16+,17?. The van der Waals surface area contributed by atoms with E-state index >= 15 is 0 Å². The topological polar surface area (TPSA) is 279 Å². The molecule has 21 heteroatoms. The van der Waals surface area contributed by atoms with E-state index < -0.39 is 103 Å². The molecule has 0 spiro atoms. The Morgan fingerprint density at radius 1 is 0.816 bits per heavy atom. The Labute approximate surface area is 217 Å². The molecule has 1 aliphatic rings. The van der Waals surface area contributed by atoms with Crippen molar-refractivity contribution in [1.29, 1.82) is 0 Å². The van der Waals surface area contributed by atoms with Crippen LogP contribution in [-0.4, -0.2) is 117 Å². The molecule has 18 nitrogen and oxygen atoms in total. The summed E-state index contributed by atoms with van der Waals surface area (Å²) in [4.78, 5) is 63.5. The van der Waals surface area contributed by atoms with Gasteiger partial charge in [0.15, 0.2) is 6.29 Å². The second kappa shape index (κ2) is 14.9. The zero-order valence-corrected chi connectivity index (χ0v) is 22.8. The molecule has 9 atom stereocenters. The Morgan fingerprint density at radius 3 is 1.63 bits per heavy atom. The average molecular weight is 617 g/mol. The molecule has 0 aromatic rings. The number of hydrogen-bond acceptors (Lipinski definition) is 12. The van der Waals surface area contributed by atoms with Crippen LogP contribution < -0.4 is 0 Å². The van der Waals surface area contributed by atoms with Gasteiger partial charge in [-0.2, -0.15) is 0 Å². The molecule has 0 bridgehead atoms. The summed E-state index contributed by atoms with van der Waals surface area (Å²) in [5.74, 6) is -5.44. The van der Waals surface area contributed by atoms with Gasteiger partial charge in [-0.15, -0.1) is 0 Å². The molecular formula is C17H31O18P3. The van der Waals surface area contributed by atoms with Crippen molar-refractivity contribution in [2.24, 2.45) is 0 Å². The SMILES string of the molecule is [2H]C(CCC)OC[C@H]1OC(OC)[C@@H](OP(=O)(O)CC(=O)O)[C@@H](OP(=O)(O)CC(=O)O)[C@@H]1OP(=O)(O)CC(=O)O. The molecule has 5 unspecified atom stereocenters. The van der Waals surface area contributed by atoms with E-state index in [9.17, 15) is 42.8 Å². The molecule has 0 aromatic heterocycles. The molecule has 38 heavy (non-hydrogen) atoms. The van der Waals surface area contributed by atoms with Crippen LogP contribution in [0.4, 0.5) is 0 Å². The molecule has 6 N–H and O–H groups in total. The highest BCUT2D eigenvalue weighted by Crippen LogP contribution is 2.53. The maximum absolute atomic E-state index is 12.6. The lowest BCUT2D eigenvalue weighted by Crippen LogP contribution is -2.61. The lowest BCUT2D eigenvalue weighted by atomic mass is 9.99. The predicted octanol–water partition coefficient (Wildman–Crippen LogP) is 0.140. The fourth-order valence-corrected chi connectivity index (χ4v) is 6.23. The summed E-state index contributed by atoms with van der Waals surface area (Å²) in [6.45, 7) is -0.100. The number of carboxylic acids is 3. The summed E-state index contributed by atoms with van der Waals surface area (Å²) in [7, 11) is -14.5. The van der Waals surface area contributed by atoms with E-state index in [1.807, 2.05) is 0 Å². The van der Waals surface area contributed by atoms with E-state index in [4.69, 9.17) is 44.5 Å². The van der Waals surface area contributed by atoms with E-state index in [0.717, 1.165) is 7.11 Å². The minimum Gasteiger partial charge on any atom is -0.481 e. The first-order valence-corrected chi connectivity index (χ1v) is 16.0. The third kappa shape index (κ3) is 12.3. The summed E-state index contributed by atoms with van der Waals surface area (Å²) >= 11 is 0. The Bertz CT molecular complexity index is 1010. The van der Waals surface area contributed by atoms with Crippen LogP contribution in [0.3, 0.4) is 0 Å². The zero-order chi connectivity index (χ0) is 30.2. The largest absolute Gasteiger partial charge is 0.481 e. The number of aliphatic carboxylic acids is 3. The van der Waals surface area contributed by atoms with Crippen LogP contribution in [-0.2, 0) is 55.9 Å². The van der Waals surface area contributed by atoms with Crippen LogP contribution in [0, 0.1) is 0 Å². The van der Waals surface area contributed by atoms with Crippen molar-refractivity contribution in [3.8, 4) is 0 Å². The number of methoxy groups -OCH3 is 1. The van der Waals surface area contributed by atoms with Gasteiger partial charge < -0.3 is 44.2 Å². The number of rotatable bonds is 18. The smallest absolute Gasteiger partial charge is 0.339 e. The van der Waals surface area contributed by atoms with Crippen molar-refractivity contribution in [2.45, 2.75) is 50.5 Å². The summed E-state index contributed by atoms with van der Waals surface area (Å²) in [5.41, 5.74) is 0. The lowest BCUT2D eigenvalue weighted by molar-refractivity contribution is -0.284. The fraction of sp³-hybridized carbons (Fsp3) is 0.824. The van der Waals surface area contributed by atoms with Crippen molar-refractivity contribution < 1.29 is 87.2 Å². The van der Waals surface area contributed by atoms with E-state index in [2.05, 4.69) is 0 Å². The van der Waals surface area contributed by atoms with Gasteiger partial charge in [0.25, 0.3) is 0 Å². The lowest BCUT2D eigenvalue weighted by Gasteiger charge is -2.45. The first-order valence-electron chi connectivity index (χ1n) is 11.3. The van der Waals surface area contributed by atoms with E-state index in [1.165, 1.54) is 0 Å². The van der Waals surface area contributed by atoms with E-state index in [0.29, 0.717) is 6.42 Å². The van der Waals surface area contributed by atoms with Crippen LogP contribution in [0.2, 0.25) is 0 Å². The van der Waals surface area contributed by atoms with Crippen molar-refractivity contribution in [3.05, 3.63) is 0 Å². The summed E-state index contributed by atoms with van der Waals surface area (Å²) in [5, 5.41) is 26.8. The van der Waals surface area contributed by atoms with Crippen LogP contribution in [0.25, 0.3) is 0 Å². The van der Waals surface area contributed by atoms with Gasteiger partial charge in [0.05, 0.1) is 7.98 Å². The number of carboxylic acid groups (broad SMARTS) is 3. The highest BCUT2D eigenvalue weighted by atomic mass is 31.2. The molecule has 1 fully saturated rings. The maximum atomic E-state index is 12.6. The third-order valence-corrected chi connectivity index (χ3v) is 8.20. The van der Waals surface area contributed by atoms with Crippen LogP contribution >= 0.6 is 22.8 Å². The first-order chi connectivity index (χ1) is 17.8. The van der Waals surface area contributed by atoms with Gasteiger partial charge in [-0.05, 0) is 6.42 Å². The van der Waals surface area contributed by atoms with Crippen molar-refractivity contribution >= 4 is 40.7 Å². The van der Waals surface area contributed by atoms with Crippen molar-refractivity contribution in [1.82, 2.24) is 0 Å². The second-order valence-electron chi connectivity index (χ2n) is 7.85. The molecule has 0 aliphatic carbocycles. The Hall–Kier alpha value is -1.26. The molecule has 1 aliphatic heterocycles. The van der Waals surface area contributed by atoms with E-state index in [-0.39, 0.29) is 6.42 Å². The van der Waals surface area contributed by atoms with Gasteiger partial charge >= 0.3 is 40.7 Å². The Morgan fingerprint density at radius 2 is 1.24 bits per heavy atom. The average Bonchev–Trinajstić information content (AvgIpc) is 2.72. The molecule has 1 rings (SSSR count). The van der Waals surface area contributed by atoms with Crippen molar-refractivity contribution in [3.63, 3.8) is 0 Å². The minimum atomic E-state index is -5.21. The minimum absolute atomic E-state index is 0.211. The van der Waals surface area contributed by atoms with Gasteiger partial charge in [0, 0.05) is 13.7 Å². The van der Waals surface area contributed by atoms with Crippen LogP contribution in [0.5, 0.6) is 0 Å². The second-order valence-corrected chi connectivity index (χ2v) is 13.3. The molecular weight excluding hydrogens is 585 g/mol. The molecule has 0 amide bonds. The summed E-state index contributed by atoms with van der Waals surface area (Å²) in [6.07, 6.45) is -14.0. The predicted molar refractivity (Wildman–Crippen MR) is 123 cm³/mol. The third-order valence-electron chi connectivity index (χ3n) is 4.47. The van der Waals surface area contributed by atoms with Gasteiger partial charge in [-0.3, -0.25) is 41.6 Å². The number of hydrogen-bond donors (Lipinski definition) is 6. The number of carbonyl (C=O) groups is 3. The van der Waals surface area contributed by atoms with Crippen LogP contribution in [0.1, 0.15) is 21.1 Å². The fourth-order valence-electron chi connectivity index (χ4n) is 3.12. The number of ether oxygens (including phenoxy) is 3. The zero-order valence-electron chi connectivity index (χ0n) is 21.1. The Kier molecular flexibility index (Phi) is 13.0. The van der Waals surface area contributed by atoms with E-state index in [1.54, 1.807) is 6.92 Å². The highest BCUT2D eigenvalue weighted by Gasteiger charge is 2.55. The van der Waals surface area contributed by atoms with Gasteiger partial charge in [-0.25, -0.2) is 0 Å². The molecule has 0 radical (unpaired) electrons. The summed E-state index contributed by atoms with van der Waals surface area (Å²) < 4.78 is 76.2. The molecule has 0 aromatic carbocycles. The normalized spacial score (nSPS) is 29.7. The first kappa shape index (κ1) is 32.9. The van der Waals surface area contributed by atoms with Gasteiger partial charge in [-0.1, -0.05) is 13.3 Å². The van der Waals surface area contributed by atoms with Crippen LogP contribution in [0.15, 0.2) is 0 Å². The van der Waals surface area contributed by atoms with Crippen molar-refractivity contribution in [2.75, 3.05) is 38.8 Å². The summed E-state index contributed by atoms with van der Waals surface area (Å²) in [6, 6.07) is 0. The molecule has 0 saturated carbocycles. The highest BCUT2D eigenvalue weighted by molar-refractivity contribution is 7.54. The maximum Gasteiger partial charge on any atom is 0.339 e. The van der Waals surface area contributed by atoms with Gasteiger partial charge in [0.2, 0.25) is 0 Å². The molecule has 1 saturated heterocycles.